The van der Waals surface area contributed by atoms with Crippen LogP contribution in [0, 0.1) is 5.82 Å². The van der Waals surface area contributed by atoms with Gasteiger partial charge >= 0.3 is 0 Å². The number of aryl methyl sites for hydroxylation is 1. The number of Topliss-reactive ketones (excluding diaryl/α,β-unsaturated/α-hetero) is 1. The zero-order valence-electron chi connectivity index (χ0n) is 34.3. The van der Waals surface area contributed by atoms with Gasteiger partial charge in [-0.25, -0.2) is 4.39 Å². The first-order valence-corrected chi connectivity index (χ1v) is 22.3. The summed E-state index contributed by atoms with van der Waals surface area (Å²) in [5.74, 6) is -2.88. The van der Waals surface area contributed by atoms with Crippen molar-refractivity contribution in [1.29, 1.82) is 0 Å². The summed E-state index contributed by atoms with van der Waals surface area (Å²) in [6.07, 6.45) is 8.29. The maximum Gasteiger partial charge on any atom is 0.249 e. The highest BCUT2D eigenvalue weighted by molar-refractivity contribution is 6.31. The summed E-state index contributed by atoms with van der Waals surface area (Å²) >= 11 is 12.8. The lowest BCUT2D eigenvalue weighted by Crippen LogP contribution is -2.60. The summed E-state index contributed by atoms with van der Waals surface area (Å²) in [4.78, 5) is 68.8. The summed E-state index contributed by atoms with van der Waals surface area (Å²) in [6, 6.07) is 21.5. The van der Waals surface area contributed by atoms with Crippen molar-refractivity contribution in [1.82, 2.24) is 15.5 Å². The van der Waals surface area contributed by atoms with Gasteiger partial charge in [-0.2, -0.15) is 0 Å². The molecule has 13 heteroatoms. The Hall–Kier alpha value is -5.36. The van der Waals surface area contributed by atoms with Crippen LogP contribution in [0.3, 0.4) is 0 Å². The Balaban J connectivity index is 0.862. The fourth-order valence-electron chi connectivity index (χ4n) is 11.1. The molecule has 320 valence electrons. The van der Waals surface area contributed by atoms with Crippen LogP contribution < -0.4 is 21.3 Å². The lowest BCUT2D eigenvalue weighted by Gasteiger charge is -2.47. The van der Waals surface area contributed by atoms with E-state index in [1.807, 2.05) is 23.1 Å². The van der Waals surface area contributed by atoms with E-state index in [0.29, 0.717) is 72.6 Å². The van der Waals surface area contributed by atoms with Crippen molar-refractivity contribution in [2.75, 3.05) is 10.6 Å². The minimum atomic E-state index is -1.34. The van der Waals surface area contributed by atoms with Crippen molar-refractivity contribution in [3.8, 4) is 0 Å². The molecule has 62 heavy (non-hydrogen) atoms. The van der Waals surface area contributed by atoms with Crippen LogP contribution in [0.25, 0.3) is 5.70 Å². The van der Waals surface area contributed by atoms with Gasteiger partial charge in [-0.1, -0.05) is 91.9 Å². The Morgan fingerprint density at radius 1 is 0.903 bits per heavy atom. The molecule has 4 amide bonds. The second-order valence-electron chi connectivity index (χ2n) is 17.4. The van der Waals surface area contributed by atoms with Crippen LogP contribution in [0.5, 0.6) is 0 Å². The van der Waals surface area contributed by atoms with Crippen LogP contribution >= 0.6 is 23.2 Å². The third-order valence-electron chi connectivity index (χ3n) is 14.0. The average Bonchev–Trinajstić information content (AvgIpc) is 3.85. The van der Waals surface area contributed by atoms with Crippen LogP contribution in [-0.4, -0.2) is 51.9 Å². The zero-order valence-corrected chi connectivity index (χ0v) is 35.8. The molecule has 2 spiro atoms. The number of carbonyl (C=O) groups is 5. The summed E-state index contributed by atoms with van der Waals surface area (Å²) in [7, 11) is 0. The van der Waals surface area contributed by atoms with Crippen LogP contribution in [-0.2, 0) is 37.6 Å². The van der Waals surface area contributed by atoms with E-state index in [-0.39, 0.29) is 34.1 Å². The maximum absolute atomic E-state index is 16.3. The van der Waals surface area contributed by atoms with Crippen molar-refractivity contribution in [2.45, 2.75) is 113 Å². The van der Waals surface area contributed by atoms with E-state index >= 15 is 4.39 Å². The van der Waals surface area contributed by atoms with Gasteiger partial charge in [0.2, 0.25) is 23.6 Å². The van der Waals surface area contributed by atoms with Gasteiger partial charge < -0.3 is 15.5 Å². The second kappa shape index (κ2) is 16.7. The third kappa shape index (κ3) is 7.12. The molecule has 0 bridgehead atoms. The number of benzene rings is 4. The molecule has 9 rings (SSSR count). The van der Waals surface area contributed by atoms with E-state index in [1.54, 1.807) is 48.5 Å². The minimum absolute atomic E-state index is 0.000752. The number of hydrogen-bond donors (Lipinski definition) is 4. The standard InChI is InChI=1S/C49H48Cl2FN5O5/c1-28-33-12-8-11-29(35(33)27-57(28)39-22-23-41(59)55-45(39)60)10-4-2-5-15-40(58)30-16-19-32(20-17-30)53-46(61)44-42(34-13-9-14-37(51)43(34)52)49(48(56-44)24-6-3-7-25-48)36-21-18-31(50)26-38(36)54-47(49)62/h8-9,11-14,16-21,26,39,42,44,56H,1-7,10,15,22-25,27H2,(H,53,61)(H,54,62)(H,55,59,60)/t39?,42-,44+,49+/m0/s1. The summed E-state index contributed by atoms with van der Waals surface area (Å²) in [6.45, 7) is 4.85. The van der Waals surface area contributed by atoms with E-state index in [0.717, 1.165) is 55.3 Å². The van der Waals surface area contributed by atoms with Gasteiger partial charge in [-0.05, 0) is 103 Å². The highest BCUT2D eigenvalue weighted by Crippen LogP contribution is 2.63. The van der Waals surface area contributed by atoms with E-state index < -0.39 is 40.7 Å². The number of amides is 4. The normalized spacial score (nSPS) is 23.7. The van der Waals surface area contributed by atoms with Gasteiger partial charge in [0.1, 0.15) is 17.3 Å². The van der Waals surface area contributed by atoms with Crippen LogP contribution in [0.2, 0.25) is 10.0 Å². The Morgan fingerprint density at radius 2 is 1.68 bits per heavy atom. The number of hydrogen-bond acceptors (Lipinski definition) is 7. The van der Waals surface area contributed by atoms with E-state index in [2.05, 4.69) is 33.9 Å². The monoisotopic (exact) mass is 875 g/mol. The highest BCUT2D eigenvalue weighted by atomic mass is 35.5. The highest BCUT2D eigenvalue weighted by Gasteiger charge is 2.72. The lowest BCUT2D eigenvalue weighted by molar-refractivity contribution is -0.136. The number of ketones is 1. The Kier molecular flexibility index (Phi) is 11.3. The van der Waals surface area contributed by atoms with Crippen molar-refractivity contribution >= 4 is 69.7 Å². The second-order valence-corrected chi connectivity index (χ2v) is 18.2. The summed E-state index contributed by atoms with van der Waals surface area (Å²) < 4.78 is 16.3. The van der Waals surface area contributed by atoms with Crippen LogP contribution in [0.15, 0.2) is 85.4 Å². The molecule has 0 radical (unpaired) electrons. The number of imide groups is 1. The number of fused-ring (bicyclic) bond motifs is 4. The molecule has 4 aromatic rings. The number of halogens is 3. The van der Waals surface area contributed by atoms with Gasteiger partial charge in [0.25, 0.3) is 0 Å². The molecule has 1 unspecified atom stereocenters. The number of unbranched alkanes of at least 4 members (excludes halogenated alkanes) is 2. The summed E-state index contributed by atoms with van der Waals surface area (Å²) in [5, 5.41) is 12.5. The van der Waals surface area contributed by atoms with Crippen molar-refractivity contribution in [2.24, 2.45) is 0 Å². The molecule has 0 aromatic heterocycles. The maximum atomic E-state index is 16.3. The zero-order chi connectivity index (χ0) is 43.3. The van der Waals surface area contributed by atoms with E-state index in [4.69, 9.17) is 23.2 Å². The van der Waals surface area contributed by atoms with Gasteiger partial charge in [0.15, 0.2) is 5.78 Å². The number of carbonyl (C=O) groups excluding carboxylic acids is 5. The Bertz CT molecular complexity index is 2520. The molecular weight excluding hydrogens is 828 g/mol. The van der Waals surface area contributed by atoms with Gasteiger partial charge in [-0.15, -0.1) is 0 Å². The molecule has 1 saturated carbocycles. The molecule has 4 heterocycles. The smallest absolute Gasteiger partial charge is 0.249 e. The number of rotatable bonds is 11. The largest absolute Gasteiger partial charge is 0.355 e. The molecule has 10 nitrogen and oxygen atoms in total. The Morgan fingerprint density at radius 3 is 2.45 bits per heavy atom. The minimum Gasteiger partial charge on any atom is -0.355 e. The number of anilines is 2. The van der Waals surface area contributed by atoms with Gasteiger partial charge in [0, 0.05) is 64.1 Å². The molecule has 4 aliphatic heterocycles. The first kappa shape index (κ1) is 42.0. The number of nitrogens with zero attached hydrogens (tertiary/aromatic N) is 1. The predicted octanol–water partition coefficient (Wildman–Crippen LogP) is 9.00. The van der Waals surface area contributed by atoms with Gasteiger partial charge in [-0.3, -0.25) is 34.6 Å². The SMILES string of the molecule is C=C1c2cccc(CCCCCC(=O)c3ccc(NC(=O)[C@@H]4NC5(CCCCC5)[C@@]5(C(=O)Nc6cc(Cl)ccc65)[C@H]4c4cccc(Cl)c4F)cc3)c2CN1C1CCC(=O)NC1=O. The molecule has 5 aliphatic rings. The van der Waals surface area contributed by atoms with Crippen LogP contribution in [0.4, 0.5) is 15.8 Å². The number of piperidine rings is 1. The van der Waals surface area contributed by atoms with E-state index in [9.17, 15) is 24.0 Å². The molecule has 4 atom stereocenters. The van der Waals surface area contributed by atoms with Crippen molar-refractivity contribution in [3.63, 3.8) is 0 Å². The third-order valence-corrected chi connectivity index (χ3v) is 14.5. The predicted molar refractivity (Wildman–Crippen MR) is 237 cm³/mol. The molecule has 4 aromatic carbocycles. The molecule has 1 aliphatic carbocycles. The fourth-order valence-corrected chi connectivity index (χ4v) is 11.5. The van der Waals surface area contributed by atoms with Crippen LogP contribution in [0.1, 0.15) is 115 Å². The van der Waals surface area contributed by atoms with E-state index in [1.165, 1.54) is 11.6 Å². The number of nitrogens with one attached hydrogen (secondary N) is 4. The van der Waals surface area contributed by atoms with Crippen molar-refractivity contribution in [3.05, 3.63) is 135 Å². The van der Waals surface area contributed by atoms with Gasteiger partial charge in [0.05, 0.1) is 11.1 Å². The molecular formula is C49H48Cl2FN5O5. The average molecular weight is 877 g/mol. The van der Waals surface area contributed by atoms with Crippen molar-refractivity contribution < 1.29 is 28.4 Å². The molecule has 3 fully saturated rings. The lowest BCUT2D eigenvalue weighted by atomic mass is 9.55. The fraction of sp³-hybridized carbons (Fsp3) is 0.367. The topological polar surface area (TPSA) is 137 Å². The Labute approximate surface area is 370 Å². The molecule has 4 N–H and O–H groups in total. The molecule has 2 saturated heterocycles. The first-order valence-electron chi connectivity index (χ1n) is 21.6. The quantitative estimate of drug-likeness (QED) is 0.0671. The summed E-state index contributed by atoms with van der Waals surface area (Å²) in [5.41, 5.74) is 4.41. The first-order chi connectivity index (χ1) is 29.9.